The number of aromatic hydroxyl groups is 1. The Hall–Kier alpha value is -4.14. The topological polar surface area (TPSA) is 99.4 Å². The van der Waals surface area contributed by atoms with Gasteiger partial charge in [-0.25, -0.2) is 9.50 Å². The number of benzene rings is 2. The highest BCUT2D eigenvalue weighted by Crippen LogP contribution is 2.40. The molecule has 0 aliphatic heterocycles. The lowest BCUT2D eigenvalue weighted by Crippen LogP contribution is -2.00. The van der Waals surface area contributed by atoms with Crippen molar-refractivity contribution in [3.8, 4) is 39.9 Å². The number of ether oxygens (including phenoxy) is 4. The summed E-state index contributed by atoms with van der Waals surface area (Å²) in [4.78, 5) is 4.71. The molecular weight excluding hydrogens is 400 g/mol. The van der Waals surface area contributed by atoms with Crippen LogP contribution in [0.15, 0.2) is 48.8 Å². The molecule has 9 nitrogen and oxygen atoms in total. The first-order chi connectivity index (χ1) is 15.1. The number of phenols is 1. The van der Waals surface area contributed by atoms with Crippen LogP contribution >= 0.6 is 0 Å². The summed E-state index contributed by atoms with van der Waals surface area (Å²) in [5.74, 6) is 2.63. The van der Waals surface area contributed by atoms with Crippen molar-refractivity contribution >= 4 is 17.2 Å². The Kier molecular flexibility index (Phi) is 5.40. The maximum Gasteiger partial charge on any atom is 0.203 e. The molecule has 0 saturated heterocycles. The molecule has 0 aliphatic carbocycles. The first-order valence-electron chi connectivity index (χ1n) is 9.36. The van der Waals surface area contributed by atoms with Gasteiger partial charge in [-0.2, -0.15) is 5.10 Å². The van der Waals surface area contributed by atoms with Crippen molar-refractivity contribution in [2.24, 2.45) is 0 Å². The molecule has 0 unspecified atom stereocenters. The van der Waals surface area contributed by atoms with Gasteiger partial charge in [0.15, 0.2) is 28.6 Å². The van der Waals surface area contributed by atoms with Crippen LogP contribution < -0.4 is 24.3 Å². The highest BCUT2D eigenvalue weighted by molar-refractivity contribution is 5.79. The molecule has 160 valence electrons. The van der Waals surface area contributed by atoms with Gasteiger partial charge in [0.1, 0.15) is 5.82 Å². The third-order valence-corrected chi connectivity index (χ3v) is 4.80. The minimum Gasteiger partial charge on any atom is -0.504 e. The Balaban J connectivity index is 1.73. The fraction of sp³-hybridized carbons (Fsp3) is 0.182. The number of nitrogens with one attached hydrogen (secondary N) is 1. The number of hydrogen-bond donors (Lipinski definition) is 2. The second-order valence-corrected chi connectivity index (χ2v) is 6.56. The van der Waals surface area contributed by atoms with Crippen molar-refractivity contribution in [1.82, 2.24) is 14.6 Å². The molecule has 2 heterocycles. The number of nitrogens with zero attached hydrogens (tertiary/aromatic N) is 3. The van der Waals surface area contributed by atoms with Crippen LogP contribution in [-0.2, 0) is 0 Å². The van der Waals surface area contributed by atoms with Crippen LogP contribution in [0, 0.1) is 0 Å². The number of methoxy groups -OCH3 is 4. The number of fused-ring (bicyclic) bond motifs is 1. The zero-order chi connectivity index (χ0) is 22.0. The standard InChI is InChI=1S/C22H22N4O5/c1-28-17-9-13(5-6-16(17)27)15-12-23-26-8-7-20(25-22(15)26)24-14-10-18(29-2)21(31-4)19(11-14)30-3/h5-12,27H,1-4H3,(H,24,25). The number of hydrogen-bond acceptors (Lipinski definition) is 8. The zero-order valence-electron chi connectivity index (χ0n) is 17.5. The fourth-order valence-electron chi connectivity index (χ4n) is 3.29. The lowest BCUT2D eigenvalue weighted by Gasteiger charge is -2.15. The largest absolute Gasteiger partial charge is 0.504 e. The molecule has 4 aromatic rings. The number of anilines is 2. The van der Waals surface area contributed by atoms with Crippen molar-refractivity contribution in [3.05, 3.63) is 48.8 Å². The van der Waals surface area contributed by atoms with Crippen molar-refractivity contribution in [3.63, 3.8) is 0 Å². The summed E-state index contributed by atoms with van der Waals surface area (Å²) in [7, 11) is 6.20. The quantitative estimate of drug-likeness (QED) is 0.463. The second-order valence-electron chi connectivity index (χ2n) is 6.56. The number of phenolic OH excluding ortho intramolecular Hbond substituents is 1. The van der Waals surface area contributed by atoms with Gasteiger partial charge < -0.3 is 29.4 Å². The van der Waals surface area contributed by atoms with E-state index in [1.54, 1.807) is 62.4 Å². The minimum absolute atomic E-state index is 0.0699. The second kappa shape index (κ2) is 8.31. The van der Waals surface area contributed by atoms with Crippen molar-refractivity contribution in [2.75, 3.05) is 33.8 Å². The van der Waals surface area contributed by atoms with Crippen LogP contribution in [0.3, 0.4) is 0 Å². The molecule has 0 spiro atoms. The van der Waals surface area contributed by atoms with Crippen LogP contribution in [0.2, 0.25) is 0 Å². The predicted molar refractivity (Wildman–Crippen MR) is 116 cm³/mol. The van der Waals surface area contributed by atoms with E-state index in [1.165, 1.54) is 7.11 Å². The van der Waals surface area contributed by atoms with Gasteiger partial charge in [0.05, 0.1) is 34.6 Å². The SMILES string of the molecule is COc1cc(-c2cnn3ccc(Nc4cc(OC)c(OC)c(OC)c4)nc23)ccc1O. The first-order valence-corrected chi connectivity index (χ1v) is 9.36. The maximum absolute atomic E-state index is 9.88. The molecule has 0 fully saturated rings. The van der Waals surface area contributed by atoms with Crippen LogP contribution in [-0.4, -0.2) is 48.1 Å². The molecule has 0 amide bonds. The van der Waals surface area contributed by atoms with Gasteiger partial charge in [-0.3, -0.25) is 0 Å². The monoisotopic (exact) mass is 422 g/mol. The van der Waals surface area contributed by atoms with Gasteiger partial charge in [0.2, 0.25) is 5.75 Å². The molecule has 9 heteroatoms. The smallest absolute Gasteiger partial charge is 0.203 e. The molecule has 0 saturated carbocycles. The van der Waals surface area contributed by atoms with E-state index in [0.717, 1.165) is 16.8 Å². The summed E-state index contributed by atoms with van der Waals surface area (Å²) in [6.45, 7) is 0. The van der Waals surface area contributed by atoms with Crippen LogP contribution in [0.1, 0.15) is 0 Å². The first kappa shape index (κ1) is 20.1. The molecule has 2 aromatic heterocycles. The average Bonchev–Trinajstić information content (AvgIpc) is 3.22. The predicted octanol–water partition coefficient (Wildman–Crippen LogP) is 3.88. The Bertz CT molecular complexity index is 1210. The van der Waals surface area contributed by atoms with Crippen LogP contribution in [0.5, 0.6) is 28.7 Å². The van der Waals surface area contributed by atoms with E-state index in [9.17, 15) is 5.11 Å². The molecule has 31 heavy (non-hydrogen) atoms. The molecule has 0 radical (unpaired) electrons. The molecule has 0 atom stereocenters. The Morgan fingerprint density at radius 3 is 2.23 bits per heavy atom. The molecule has 2 N–H and O–H groups in total. The lowest BCUT2D eigenvalue weighted by atomic mass is 10.1. The molecule has 2 aromatic carbocycles. The van der Waals surface area contributed by atoms with E-state index in [-0.39, 0.29) is 5.75 Å². The number of rotatable bonds is 7. The van der Waals surface area contributed by atoms with E-state index in [2.05, 4.69) is 10.4 Å². The third kappa shape index (κ3) is 3.73. The third-order valence-electron chi connectivity index (χ3n) is 4.80. The summed E-state index contributed by atoms with van der Waals surface area (Å²) in [5, 5.41) is 17.5. The highest BCUT2D eigenvalue weighted by atomic mass is 16.5. The summed E-state index contributed by atoms with van der Waals surface area (Å²) in [6, 6.07) is 10.5. The van der Waals surface area contributed by atoms with Crippen molar-refractivity contribution < 1.29 is 24.1 Å². The Morgan fingerprint density at radius 1 is 0.871 bits per heavy atom. The summed E-state index contributed by atoms with van der Waals surface area (Å²) in [5.41, 5.74) is 2.98. The number of aromatic nitrogens is 3. The van der Waals surface area contributed by atoms with Crippen LogP contribution in [0.4, 0.5) is 11.5 Å². The van der Waals surface area contributed by atoms with Crippen LogP contribution in [0.25, 0.3) is 16.8 Å². The fourth-order valence-corrected chi connectivity index (χ4v) is 3.29. The lowest BCUT2D eigenvalue weighted by molar-refractivity contribution is 0.324. The van der Waals surface area contributed by atoms with Gasteiger partial charge in [0.25, 0.3) is 0 Å². The van der Waals surface area contributed by atoms with Gasteiger partial charge in [-0.15, -0.1) is 0 Å². The molecule has 0 aliphatic rings. The van der Waals surface area contributed by atoms with E-state index >= 15 is 0 Å². The van der Waals surface area contributed by atoms with E-state index in [0.29, 0.717) is 34.5 Å². The van der Waals surface area contributed by atoms with E-state index in [1.807, 2.05) is 12.3 Å². The normalized spacial score (nSPS) is 10.7. The maximum atomic E-state index is 9.88. The summed E-state index contributed by atoms with van der Waals surface area (Å²) in [6.07, 6.45) is 3.53. The van der Waals surface area contributed by atoms with Gasteiger partial charge in [-0.1, -0.05) is 6.07 Å². The van der Waals surface area contributed by atoms with Gasteiger partial charge >= 0.3 is 0 Å². The van der Waals surface area contributed by atoms with Gasteiger partial charge in [-0.05, 0) is 23.8 Å². The highest BCUT2D eigenvalue weighted by Gasteiger charge is 2.15. The summed E-state index contributed by atoms with van der Waals surface area (Å²) >= 11 is 0. The van der Waals surface area contributed by atoms with Gasteiger partial charge in [0, 0.05) is 29.6 Å². The summed E-state index contributed by atoms with van der Waals surface area (Å²) < 4.78 is 23.1. The Labute approximate surface area is 178 Å². The molecule has 4 rings (SSSR count). The van der Waals surface area contributed by atoms with Crippen molar-refractivity contribution in [1.29, 1.82) is 0 Å². The van der Waals surface area contributed by atoms with E-state index < -0.39 is 0 Å². The van der Waals surface area contributed by atoms with Crippen molar-refractivity contribution in [2.45, 2.75) is 0 Å². The molecular formula is C22H22N4O5. The zero-order valence-corrected chi connectivity index (χ0v) is 17.5. The average molecular weight is 422 g/mol. The Morgan fingerprint density at radius 2 is 1.58 bits per heavy atom. The minimum atomic E-state index is 0.0699. The molecule has 0 bridgehead atoms. The van der Waals surface area contributed by atoms with E-state index in [4.69, 9.17) is 23.9 Å².